The number of rotatable bonds is 3. The van der Waals surface area contributed by atoms with Gasteiger partial charge in [0.15, 0.2) is 5.41 Å². The summed E-state index contributed by atoms with van der Waals surface area (Å²) in [5.41, 5.74) is -0.276. The van der Waals surface area contributed by atoms with Crippen molar-refractivity contribution in [1.82, 2.24) is 0 Å². The minimum atomic E-state index is -1.96. The third-order valence-electron chi connectivity index (χ3n) is 4.50. The number of carbonyl (C=O) groups is 2. The maximum atomic E-state index is 11.9. The van der Waals surface area contributed by atoms with E-state index in [2.05, 4.69) is 5.16 Å². The second kappa shape index (κ2) is 4.83. The molecule has 2 rings (SSSR count). The highest BCUT2D eigenvalue weighted by atomic mass is 16.7. The predicted molar refractivity (Wildman–Crippen MR) is 80.1 cm³/mol. The van der Waals surface area contributed by atoms with Gasteiger partial charge in [0.1, 0.15) is 5.71 Å². The average molecular weight is 305 g/mol. The second-order valence-corrected chi connectivity index (χ2v) is 6.07. The van der Waals surface area contributed by atoms with Gasteiger partial charge in [0.2, 0.25) is 0 Å². The van der Waals surface area contributed by atoms with Crippen LogP contribution in [-0.4, -0.2) is 33.5 Å². The number of hydrogen-bond acceptors (Lipinski definition) is 4. The zero-order valence-electron chi connectivity index (χ0n) is 13.2. The summed E-state index contributed by atoms with van der Waals surface area (Å²) in [5, 5.41) is 23.0. The Morgan fingerprint density at radius 3 is 1.95 bits per heavy atom. The van der Waals surface area contributed by atoms with Crippen molar-refractivity contribution in [3.8, 4) is 0 Å². The molecule has 6 nitrogen and oxygen atoms in total. The van der Waals surface area contributed by atoms with Gasteiger partial charge in [-0.05, 0) is 45.7 Å². The molecule has 0 aliphatic carbocycles. The highest BCUT2D eigenvalue weighted by molar-refractivity contribution is 6.20. The monoisotopic (exact) mass is 305 g/mol. The van der Waals surface area contributed by atoms with E-state index in [4.69, 9.17) is 4.84 Å². The third-order valence-corrected chi connectivity index (χ3v) is 4.50. The highest BCUT2D eigenvalue weighted by Crippen LogP contribution is 2.45. The van der Waals surface area contributed by atoms with Gasteiger partial charge in [-0.25, -0.2) is 4.79 Å². The van der Waals surface area contributed by atoms with Crippen LogP contribution in [0.5, 0.6) is 0 Å². The van der Waals surface area contributed by atoms with E-state index >= 15 is 0 Å². The maximum absolute atomic E-state index is 11.9. The van der Waals surface area contributed by atoms with Gasteiger partial charge >= 0.3 is 11.9 Å². The Balaban J connectivity index is 2.72. The van der Waals surface area contributed by atoms with Crippen molar-refractivity contribution in [2.24, 2.45) is 10.6 Å². The molecule has 22 heavy (non-hydrogen) atoms. The van der Waals surface area contributed by atoms with Crippen molar-refractivity contribution in [3.05, 3.63) is 34.4 Å². The Kier molecular flexibility index (Phi) is 3.51. The van der Waals surface area contributed by atoms with Gasteiger partial charge in [0.05, 0.1) is 0 Å². The Bertz CT molecular complexity index is 685. The number of benzene rings is 1. The number of aliphatic carboxylic acids is 2. The Hall–Kier alpha value is -2.37. The quantitative estimate of drug-likeness (QED) is 0.893. The number of aryl methyl sites for hydroxylation is 3. The predicted octanol–water partition coefficient (Wildman–Crippen LogP) is 2.28. The van der Waals surface area contributed by atoms with Crippen LogP contribution in [0.4, 0.5) is 0 Å². The van der Waals surface area contributed by atoms with E-state index in [9.17, 15) is 19.8 Å². The van der Waals surface area contributed by atoms with Crippen molar-refractivity contribution in [1.29, 1.82) is 0 Å². The SMILES string of the molecule is Cc1cc(C)c(C2=NOC(C)(C(=O)O)C2(C)C(=O)O)c(C)c1. The molecule has 2 N–H and O–H groups in total. The normalized spacial score (nSPS) is 27.2. The number of hydrogen-bond donors (Lipinski definition) is 2. The van der Waals surface area contributed by atoms with Crippen LogP contribution in [-0.2, 0) is 14.4 Å². The molecule has 0 saturated heterocycles. The van der Waals surface area contributed by atoms with Crippen LogP contribution in [0.15, 0.2) is 17.3 Å². The zero-order valence-corrected chi connectivity index (χ0v) is 13.2. The second-order valence-electron chi connectivity index (χ2n) is 6.07. The molecule has 6 heteroatoms. The van der Waals surface area contributed by atoms with Crippen molar-refractivity contribution in [2.75, 3.05) is 0 Å². The fraction of sp³-hybridized carbons (Fsp3) is 0.438. The van der Waals surface area contributed by atoms with E-state index in [0.29, 0.717) is 5.56 Å². The van der Waals surface area contributed by atoms with Crippen LogP contribution >= 0.6 is 0 Å². The fourth-order valence-electron chi connectivity index (χ4n) is 2.95. The van der Waals surface area contributed by atoms with Crippen molar-refractivity contribution >= 4 is 17.7 Å². The van der Waals surface area contributed by atoms with Crippen LogP contribution in [0.2, 0.25) is 0 Å². The van der Waals surface area contributed by atoms with Crippen molar-refractivity contribution < 1.29 is 24.6 Å². The smallest absolute Gasteiger partial charge is 0.352 e. The standard InChI is InChI=1S/C16H19NO5/c1-8-6-9(2)11(10(3)7-8)12-15(4,13(18)19)16(5,14(20)21)22-17-12/h6-7H,1-5H3,(H,18,19)(H,20,21). The Morgan fingerprint density at radius 1 is 1.05 bits per heavy atom. The van der Waals surface area contributed by atoms with E-state index in [1.807, 2.05) is 32.9 Å². The molecule has 1 aromatic carbocycles. The molecule has 0 amide bonds. The van der Waals surface area contributed by atoms with Gasteiger partial charge < -0.3 is 15.1 Å². The Morgan fingerprint density at radius 2 is 1.55 bits per heavy atom. The Labute approximate surface area is 128 Å². The summed E-state index contributed by atoms with van der Waals surface area (Å²) in [6.45, 7) is 8.20. The van der Waals surface area contributed by atoms with Gasteiger partial charge in [0.25, 0.3) is 5.60 Å². The van der Waals surface area contributed by atoms with Gasteiger partial charge in [-0.3, -0.25) is 4.79 Å². The lowest BCUT2D eigenvalue weighted by molar-refractivity contribution is -0.179. The first-order valence-electron chi connectivity index (χ1n) is 6.87. The molecule has 0 saturated carbocycles. The number of nitrogens with zero attached hydrogens (tertiary/aromatic N) is 1. The molecule has 2 atom stereocenters. The van der Waals surface area contributed by atoms with E-state index in [-0.39, 0.29) is 5.71 Å². The van der Waals surface area contributed by atoms with Crippen LogP contribution in [0, 0.1) is 26.2 Å². The first-order chi connectivity index (χ1) is 10.1. The number of oxime groups is 1. The van der Waals surface area contributed by atoms with Gasteiger partial charge in [0, 0.05) is 5.56 Å². The molecule has 2 unspecified atom stereocenters. The van der Waals surface area contributed by atoms with Crippen molar-refractivity contribution in [3.63, 3.8) is 0 Å². The van der Waals surface area contributed by atoms with Crippen LogP contribution in [0.25, 0.3) is 0 Å². The number of carboxylic acids is 2. The summed E-state index contributed by atoms with van der Waals surface area (Å²) < 4.78 is 0. The number of carboxylic acid groups (broad SMARTS) is 2. The van der Waals surface area contributed by atoms with Crippen LogP contribution < -0.4 is 0 Å². The average Bonchev–Trinajstić information content (AvgIpc) is 2.65. The van der Waals surface area contributed by atoms with Crippen LogP contribution in [0.1, 0.15) is 36.1 Å². The largest absolute Gasteiger partial charge is 0.480 e. The molecular formula is C16H19NO5. The molecule has 1 aliphatic heterocycles. The molecule has 0 fully saturated rings. The molecule has 0 radical (unpaired) electrons. The lowest BCUT2D eigenvalue weighted by Gasteiger charge is -2.32. The summed E-state index contributed by atoms with van der Waals surface area (Å²) in [5.74, 6) is -2.65. The van der Waals surface area contributed by atoms with Crippen LogP contribution in [0.3, 0.4) is 0 Å². The summed E-state index contributed by atoms with van der Waals surface area (Å²) in [7, 11) is 0. The summed E-state index contributed by atoms with van der Waals surface area (Å²) in [6, 6.07) is 3.81. The van der Waals surface area contributed by atoms with Gasteiger partial charge in [-0.1, -0.05) is 22.9 Å². The molecule has 118 valence electrons. The highest BCUT2D eigenvalue weighted by Gasteiger charge is 2.66. The van der Waals surface area contributed by atoms with E-state index < -0.39 is 23.0 Å². The van der Waals surface area contributed by atoms with Gasteiger partial charge in [-0.2, -0.15) is 0 Å². The fourth-order valence-corrected chi connectivity index (χ4v) is 2.95. The minimum absolute atomic E-state index is 0.139. The molecular weight excluding hydrogens is 286 g/mol. The van der Waals surface area contributed by atoms with E-state index in [0.717, 1.165) is 16.7 Å². The first-order valence-corrected chi connectivity index (χ1v) is 6.87. The van der Waals surface area contributed by atoms with Gasteiger partial charge in [-0.15, -0.1) is 0 Å². The zero-order chi connectivity index (χ0) is 16.9. The molecule has 0 aromatic heterocycles. The first kappa shape index (κ1) is 16.0. The summed E-state index contributed by atoms with van der Waals surface area (Å²) in [4.78, 5) is 28.6. The van der Waals surface area contributed by atoms with E-state index in [1.54, 1.807) is 0 Å². The van der Waals surface area contributed by atoms with Crippen molar-refractivity contribution in [2.45, 2.75) is 40.2 Å². The topological polar surface area (TPSA) is 96.2 Å². The molecule has 1 heterocycles. The summed E-state index contributed by atoms with van der Waals surface area (Å²) in [6.07, 6.45) is 0. The minimum Gasteiger partial charge on any atom is -0.480 e. The molecule has 1 aromatic rings. The third kappa shape index (κ3) is 1.90. The maximum Gasteiger partial charge on any atom is 0.352 e. The summed E-state index contributed by atoms with van der Waals surface area (Å²) >= 11 is 0. The lowest BCUT2D eigenvalue weighted by Crippen LogP contribution is -2.56. The lowest BCUT2D eigenvalue weighted by atomic mass is 9.68. The molecule has 0 spiro atoms. The van der Waals surface area contributed by atoms with E-state index in [1.165, 1.54) is 13.8 Å². The molecule has 1 aliphatic rings. The molecule has 0 bridgehead atoms.